The highest BCUT2D eigenvalue weighted by molar-refractivity contribution is 14.0. The molecule has 2 rings (SSSR count). The Hall–Kier alpha value is -0.290. The van der Waals surface area contributed by atoms with E-state index in [1.165, 1.54) is 26.3 Å². The predicted octanol–water partition coefficient (Wildman–Crippen LogP) is 1.71. The number of piperidine rings is 2. The Morgan fingerprint density at radius 3 is 2.35 bits per heavy atom. The fraction of sp³-hybridized carbons (Fsp3) is 0.929. The highest BCUT2D eigenvalue weighted by Gasteiger charge is 2.39. The van der Waals surface area contributed by atoms with E-state index in [-0.39, 0.29) is 30.0 Å². The van der Waals surface area contributed by atoms with E-state index < -0.39 is 18.8 Å². The summed E-state index contributed by atoms with van der Waals surface area (Å²) in [7, 11) is 3.67. The molecule has 3 N–H and O–H groups in total. The molecular weight excluding hydrogens is 424 g/mol. The minimum atomic E-state index is -4.61. The number of rotatable bonds is 3. The maximum atomic E-state index is 12.3. The number of aliphatic hydroxyl groups is 1. The van der Waals surface area contributed by atoms with Gasteiger partial charge >= 0.3 is 6.18 Å². The number of fused-ring (bicyclic) bond motifs is 2. The largest absolute Gasteiger partial charge is 0.416 e. The van der Waals surface area contributed by atoms with Crippen LogP contribution in [0, 0.1) is 0 Å². The fourth-order valence-corrected chi connectivity index (χ4v) is 3.43. The molecule has 136 valence electrons. The van der Waals surface area contributed by atoms with Gasteiger partial charge in [0.15, 0.2) is 12.1 Å². The number of nitrogens with zero attached hydrogens (tertiary/aromatic N) is 2. The summed E-state index contributed by atoms with van der Waals surface area (Å²) in [6.07, 6.45) is -1.48. The van der Waals surface area contributed by atoms with Gasteiger partial charge in [0.05, 0.1) is 6.54 Å². The molecule has 3 atom stereocenters. The number of nitrogens with one attached hydrogen (secondary N) is 2. The zero-order valence-corrected chi connectivity index (χ0v) is 15.8. The maximum Gasteiger partial charge on any atom is 0.416 e. The highest BCUT2D eigenvalue weighted by Crippen LogP contribution is 2.32. The summed E-state index contributed by atoms with van der Waals surface area (Å²) in [5, 5.41) is 14.8. The van der Waals surface area contributed by atoms with Crippen LogP contribution in [0.3, 0.4) is 0 Å². The summed E-state index contributed by atoms with van der Waals surface area (Å²) in [4.78, 5) is 6.37. The molecule has 0 aromatic heterocycles. The molecule has 3 unspecified atom stereocenters. The van der Waals surface area contributed by atoms with Crippen LogP contribution < -0.4 is 10.6 Å². The molecule has 2 fully saturated rings. The van der Waals surface area contributed by atoms with Crippen molar-refractivity contribution in [2.45, 2.75) is 62.5 Å². The Morgan fingerprint density at radius 2 is 1.87 bits per heavy atom. The minimum absolute atomic E-state index is 0. The molecule has 2 heterocycles. The number of halogens is 4. The molecule has 0 aromatic carbocycles. The highest BCUT2D eigenvalue weighted by atomic mass is 127. The van der Waals surface area contributed by atoms with Crippen molar-refractivity contribution in [1.29, 1.82) is 0 Å². The van der Waals surface area contributed by atoms with E-state index in [2.05, 4.69) is 27.6 Å². The number of alkyl halides is 3. The van der Waals surface area contributed by atoms with Gasteiger partial charge in [-0.3, -0.25) is 4.99 Å². The number of aliphatic imine (C=N–C) groups is 1. The average molecular weight is 450 g/mol. The number of hydrogen-bond acceptors (Lipinski definition) is 3. The number of hydrogen-bond donors (Lipinski definition) is 3. The third-order valence-electron chi connectivity index (χ3n) is 4.74. The lowest BCUT2D eigenvalue weighted by atomic mass is 9.82. The zero-order valence-electron chi connectivity index (χ0n) is 13.4. The van der Waals surface area contributed by atoms with Crippen molar-refractivity contribution in [2.24, 2.45) is 4.99 Å². The molecule has 2 saturated heterocycles. The number of aliphatic hydroxyl groups excluding tert-OH is 1. The van der Waals surface area contributed by atoms with Crippen molar-refractivity contribution in [1.82, 2.24) is 15.5 Å². The molecule has 5 nitrogen and oxygen atoms in total. The summed E-state index contributed by atoms with van der Waals surface area (Å²) in [6, 6.07) is 1.27. The van der Waals surface area contributed by atoms with E-state index >= 15 is 0 Å². The van der Waals surface area contributed by atoms with Gasteiger partial charge in [0.1, 0.15) is 0 Å². The van der Waals surface area contributed by atoms with E-state index in [9.17, 15) is 13.2 Å². The van der Waals surface area contributed by atoms with E-state index in [4.69, 9.17) is 5.11 Å². The molecule has 9 heteroatoms. The Labute approximate surface area is 152 Å². The van der Waals surface area contributed by atoms with Gasteiger partial charge in [-0.25, -0.2) is 0 Å². The van der Waals surface area contributed by atoms with Crippen LogP contribution in [0.1, 0.15) is 32.1 Å². The summed E-state index contributed by atoms with van der Waals surface area (Å²) >= 11 is 0. The first-order valence-corrected chi connectivity index (χ1v) is 7.75. The van der Waals surface area contributed by atoms with Crippen LogP contribution in [0.15, 0.2) is 4.99 Å². The van der Waals surface area contributed by atoms with Gasteiger partial charge in [0.25, 0.3) is 0 Å². The van der Waals surface area contributed by atoms with Crippen molar-refractivity contribution in [3.8, 4) is 0 Å². The molecule has 0 radical (unpaired) electrons. The van der Waals surface area contributed by atoms with Crippen LogP contribution >= 0.6 is 24.0 Å². The lowest BCUT2D eigenvalue weighted by Crippen LogP contribution is -2.57. The summed E-state index contributed by atoms with van der Waals surface area (Å²) in [6.45, 7) is -0.595. The molecule has 0 saturated carbocycles. The first-order chi connectivity index (χ1) is 10.3. The second-order valence-corrected chi connectivity index (χ2v) is 6.23. The van der Waals surface area contributed by atoms with Crippen molar-refractivity contribution in [2.75, 3.05) is 20.6 Å². The van der Waals surface area contributed by atoms with Gasteiger partial charge in [0.2, 0.25) is 0 Å². The van der Waals surface area contributed by atoms with Crippen molar-refractivity contribution >= 4 is 29.9 Å². The second kappa shape index (κ2) is 8.70. The van der Waals surface area contributed by atoms with Gasteiger partial charge in [-0.2, -0.15) is 13.2 Å². The Balaban J connectivity index is 0.00000264. The van der Waals surface area contributed by atoms with E-state index in [0.717, 1.165) is 12.8 Å². The molecular formula is C14H26F3IN4O. The van der Waals surface area contributed by atoms with Gasteiger partial charge in [-0.15, -0.1) is 24.0 Å². The predicted molar refractivity (Wildman–Crippen MR) is 94.2 cm³/mol. The fourth-order valence-electron chi connectivity index (χ4n) is 3.43. The quantitative estimate of drug-likeness (QED) is 0.348. The van der Waals surface area contributed by atoms with Crippen LogP contribution in [0.25, 0.3) is 0 Å². The summed E-state index contributed by atoms with van der Waals surface area (Å²) < 4.78 is 36.9. The lowest BCUT2D eigenvalue weighted by Gasteiger charge is -2.47. The molecule has 2 aliphatic rings. The van der Waals surface area contributed by atoms with Crippen LogP contribution in [-0.2, 0) is 0 Å². The third kappa shape index (κ3) is 5.63. The van der Waals surface area contributed by atoms with Gasteiger partial charge in [0, 0.05) is 25.2 Å². The third-order valence-corrected chi connectivity index (χ3v) is 4.74. The van der Waals surface area contributed by atoms with Gasteiger partial charge < -0.3 is 20.6 Å². The molecule has 2 aliphatic heterocycles. The average Bonchev–Trinajstić information content (AvgIpc) is 2.42. The minimum Gasteiger partial charge on any atom is -0.382 e. The van der Waals surface area contributed by atoms with E-state index in [0.29, 0.717) is 18.0 Å². The molecule has 0 aliphatic carbocycles. The topological polar surface area (TPSA) is 59.9 Å². The number of guanidine groups is 1. The van der Waals surface area contributed by atoms with Crippen LogP contribution in [0.2, 0.25) is 0 Å². The molecule has 0 spiro atoms. The summed E-state index contributed by atoms with van der Waals surface area (Å²) in [5.74, 6) is 0.316. The Kier molecular flexibility index (Phi) is 7.85. The lowest BCUT2D eigenvalue weighted by molar-refractivity contribution is -0.201. The first kappa shape index (κ1) is 20.8. The van der Waals surface area contributed by atoms with E-state index in [1.807, 2.05) is 0 Å². The SMILES string of the molecule is CN=C(NCC(O)C(F)(F)F)NC1CC2CCCC(C1)N2C.I. The summed E-state index contributed by atoms with van der Waals surface area (Å²) in [5.41, 5.74) is 0. The van der Waals surface area contributed by atoms with E-state index in [1.54, 1.807) is 0 Å². The second-order valence-electron chi connectivity index (χ2n) is 6.23. The normalized spacial score (nSPS) is 30.3. The molecule has 2 bridgehead atoms. The van der Waals surface area contributed by atoms with Crippen molar-refractivity contribution < 1.29 is 18.3 Å². The van der Waals surface area contributed by atoms with Crippen LogP contribution in [-0.4, -0.2) is 67.0 Å². The van der Waals surface area contributed by atoms with Crippen molar-refractivity contribution in [3.63, 3.8) is 0 Å². The van der Waals surface area contributed by atoms with Crippen molar-refractivity contribution in [3.05, 3.63) is 0 Å². The monoisotopic (exact) mass is 450 g/mol. The molecule has 0 aromatic rings. The Morgan fingerprint density at radius 1 is 1.30 bits per heavy atom. The Bertz CT molecular complexity index is 394. The molecule has 23 heavy (non-hydrogen) atoms. The molecule has 0 amide bonds. The zero-order chi connectivity index (χ0) is 16.3. The van der Waals surface area contributed by atoms with Gasteiger partial charge in [-0.05, 0) is 32.7 Å². The van der Waals surface area contributed by atoms with Crippen LogP contribution in [0.5, 0.6) is 0 Å². The van der Waals surface area contributed by atoms with Gasteiger partial charge in [-0.1, -0.05) is 6.42 Å². The maximum absolute atomic E-state index is 12.3. The van der Waals surface area contributed by atoms with Crippen LogP contribution in [0.4, 0.5) is 13.2 Å². The standard InChI is InChI=1S/C14H25F3N4O.HI/c1-18-13(19-8-12(22)14(15,16)17)20-9-6-10-4-3-5-11(7-9)21(10)2;/h9-12,22H,3-8H2,1-2H3,(H2,18,19,20);1H. The smallest absolute Gasteiger partial charge is 0.382 e. The first-order valence-electron chi connectivity index (χ1n) is 7.75.